The minimum absolute atomic E-state index is 0.312. The van der Waals surface area contributed by atoms with Crippen molar-refractivity contribution in [3.05, 3.63) is 54.4 Å². The summed E-state index contributed by atoms with van der Waals surface area (Å²) < 4.78 is 1.74. The van der Waals surface area contributed by atoms with E-state index in [2.05, 4.69) is 15.6 Å². The van der Waals surface area contributed by atoms with E-state index in [0.717, 1.165) is 16.5 Å². The molecule has 6 nitrogen and oxygen atoms in total. The van der Waals surface area contributed by atoms with Crippen LogP contribution in [0.15, 0.2) is 48.8 Å². The first kappa shape index (κ1) is 13.1. The van der Waals surface area contributed by atoms with Gasteiger partial charge >= 0.3 is 5.97 Å². The summed E-state index contributed by atoms with van der Waals surface area (Å²) in [6, 6.07) is 10.9. The van der Waals surface area contributed by atoms with Gasteiger partial charge in [-0.1, -0.05) is 29.5 Å². The molecular formula is C15H14N4O2. The lowest BCUT2D eigenvalue weighted by Gasteiger charge is -2.11. The van der Waals surface area contributed by atoms with E-state index < -0.39 is 5.97 Å². The Morgan fingerprint density at radius 2 is 2.00 bits per heavy atom. The van der Waals surface area contributed by atoms with Crippen LogP contribution in [-0.4, -0.2) is 32.6 Å². The third kappa shape index (κ3) is 2.69. The second-order valence-electron chi connectivity index (χ2n) is 4.60. The monoisotopic (exact) mass is 282 g/mol. The number of aromatic nitrogens is 3. The fraction of sp³-hybridized carbons (Fsp3) is 0.133. The van der Waals surface area contributed by atoms with Gasteiger partial charge in [0.15, 0.2) is 0 Å². The summed E-state index contributed by atoms with van der Waals surface area (Å²) in [5.74, 6) is -0.916. The maximum atomic E-state index is 11.3. The van der Waals surface area contributed by atoms with Crippen LogP contribution >= 0.6 is 0 Å². The van der Waals surface area contributed by atoms with E-state index >= 15 is 0 Å². The zero-order chi connectivity index (χ0) is 14.7. The van der Waals surface area contributed by atoms with Crippen LogP contribution < -0.4 is 5.32 Å². The normalized spacial score (nSPS) is 10.7. The predicted molar refractivity (Wildman–Crippen MR) is 79.4 cm³/mol. The van der Waals surface area contributed by atoms with Crippen LogP contribution in [0.2, 0.25) is 0 Å². The van der Waals surface area contributed by atoms with Gasteiger partial charge in [0.05, 0.1) is 18.3 Å². The minimum Gasteiger partial charge on any atom is -0.478 e. The van der Waals surface area contributed by atoms with Crippen molar-refractivity contribution in [3.8, 4) is 0 Å². The van der Waals surface area contributed by atoms with Crippen LogP contribution in [0.3, 0.4) is 0 Å². The molecule has 1 heterocycles. The molecule has 0 aliphatic carbocycles. The molecule has 0 saturated heterocycles. The number of aromatic carboxylic acids is 1. The Morgan fingerprint density at radius 1 is 1.19 bits per heavy atom. The van der Waals surface area contributed by atoms with Gasteiger partial charge in [0.25, 0.3) is 0 Å². The summed E-state index contributed by atoms with van der Waals surface area (Å²) in [5.41, 5.74) is 1.23. The zero-order valence-corrected chi connectivity index (χ0v) is 11.2. The summed E-state index contributed by atoms with van der Waals surface area (Å²) in [5, 5.41) is 21.8. The van der Waals surface area contributed by atoms with Crippen LogP contribution in [0.1, 0.15) is 10.4 Å². The number of fused-ring (bicyclic) bond motifs is 1. The van der Waals surface area contributed by atoms with E-state index in [1.807, 2.05) is 24.3 Å². The third-order valence-electron chi connectivity index (χ3n) is 3.28. The van der Waals surface area contributed by atoms with Crippen molar-refractivity contribution in [2.75, 3.05) is 11.9 Å². The van der Waals surface area contributed by atoms with Gasteiger partial charge in [0, 0.05) is 23.8 Å². The van der Waals surface area contributed by atoms with Gasteiger partial charge in [-0.05, 0) is 17.5 Å². The average Bonchev–Trinajstić information content (AvgIpc) is 3.00. The van der Waals surface area contributed by atoms with Crippen molar-refractivity contribution >= 4 is 22.4 Å². The number of nitrogens with zero attached hydrogens (tertiary/aromatic N) is 3. The van der Waals surface area contributed by atoms with Gasteiger partial charge in [-0.25, -0.2) is 4.79 Å². The highest BCUT2D eigenvalue weighted by molar-refractivity contribution is 6.07. The van der Waals surface area contributed by atoms with Gasteiger partial charge in [0.2, 0.25) is 0 Å². The summed E-state index contributed by atoms with van der Waals surface area (Å²) in [6.45, 7) is 1.37. The van der Waals surface area contributed by atoms with Crippen LogP contribution in [0.5, 0.6) is 0 Å². The summed E-state index contributed by atoms with van der Waals surface area (Å²) in [6.07, 6.45) is 3.43. The van der Waals surface area contributed by atoms with Crippen LogP contribution in [0.25, 0.3) is 10.8 Å². The average molecular weight is 282 g/mol. The molecule has 106 valence electrons. The number of hydrogen-bond donors (Lipinski definition) is 2. The molecule has 0 aliphatic heterocycles. The van der Waals surface area contributed by atoms with Crippen LogP contribution in [-0.2, 0) is 6.54 Å². The quantitative estimate of drug-likeness (QED) is 0.750. The van der Waals surface area contributed by atoms with E-state index in [-0.39, 0.29) is 0 Å². The summed E-state index contributed by atoms with van der Waals surface area (Å²) in [4.78, 5) is 11.3. The van der Waals surface area contributed by atoms with Crippen molar-refractivity contribution < 1.29 is 9.90 Å². The van der Waals surface area contributed by atoms with Gasteiger partial charge in [0.1, 0.15) is 0 Å². The van der Waals surface area contributed by atoms with E-state index in [1.165, 1.54) is 0 Å². The molecule has 0 saturated carbocycles. The third-order valence-corrected chi connectivity index (χ3v) is 3.28. The number of anilines is 1. The highest BCUT2D eigenvalue weighted by Gasteiger charge is 2.10. The molecule has 0 aliphatic rings. The van der Waals surface area contributed by atoms with E-state index in [0.29, 0.717) is 18.7 Å². The Morgan fingerprint density at radius 3 is 2.71 bits per heavy atom. The molecule has 0 spiro atoms. The lowest BCUT2D eigenvalue weighted by molar-refractivity contribution is 0.0699. The maximum absolute atomic E-state index is 11.3. The molecule has 0 atom stereocenters. The molecule has 3 rings (SSSR count). The predicted octanol–water partition coefficient (Wildman–Crippen LogP) is 2.24. The molecule has 0 radical (unpaired) electrons. The molecule has 2 aromatic carbocycles. The first-order valence-corrected chi connectivity index (χ1v) is 6.59. The number of carbonyl (C=O) groups is 1. The number of carboxylic acid groups (broad SMARTS) is 1. The Labute approximate surface area is 121 Å². The first-order chi connectivity index (χ1) is 10.3. The van der Waals surface area contributed by atoms with E-state index in [1.54, 1.807) is 29.2 Å². The molecule has 6 heteroatoms. The van der Waals surface area contributed by atoms with Gasteiger partial charge in [-0.15, -0.1) is 5.10 Å². The van der Waals surface area contributed by atoms with Crippen molar-refractivity contribution in [1.82, 2.24) is 15.0 Å². The largest absolute Gasteiger partial charge is 0.478 e. The summed E-state index contributed by atoms with van der Waals surface area (Å²) >= 11 is 0. The highest BCUT2D eigenvalue weighted by Crippen LogP contribution is 2.26. The Hall–Kier alpha value is -2.89. The van der Waals surface area contributed by atoms with E-state index in [4.69, 9.17) is 0 Å². The van der Waals surface area contributed by atoms with Gasteiger partial charge < -0.3 is 10.4 Å². The van der Waals surface area contributed by atoms with Crippen molar-refractivity contribution in [3.63, 3.8) is 0 Å². The fourth-order valence-corrected chi connectivity index (χ4v) is 2.30. The molecule has 0 fully saturated rings. The van der Waals surface area contributed by atoms with E-state index in [9.17, 15) is 9.90 Å². The van der Waals surface area contributed by atoms with Crippen LogP contribution in [0.4, 0.5) is 5.69 Å². The lowest BCUT2D eigenvalue weighted by atomic mass is 10.0. The second kappa shape index (κ2) is 5.62. The molecule has 0 bridgehead atoms. The molecule has 0 amide bonds. The smallest absolute Gasteiger partial charge is 0.336 e. The Bertz CT molecular complexity index is 768. The van der Waals surface area contributed by atoms with Crippen molar-refractivity contribution in [1.29, 1.82) is 0 Å². The summed E-state index contributed by atoms with van der Waals surface area (Å²) in [7, 11) is 0. The first-order valence-electron chi connectivity index (χ1n) is 6.59. The zero-order valence-electron chi connectivity index (χ0n) is 11.2. The number of hydrogen-bond acceptors (Lipinski definition) is 4. The van der Waals surface area contributed by atoms with Gasteiger partial charge in [-0.3, -0.25) is 4.68 Å². The molecular weight excluding hydrogens is 268 g/mol. The Kier molecular flexibility index (Phi) is 3.51. The standard InChI is InChI=1S/C15H14N4O2/c20-15(21)13-5-6-14(12-4-2-1-3-11(12)13)16-7-9-19-10-8-17-18-19/h1-6,8,10,16H,7,9H2,(H,20,21). The molecule has 21 heavy (non-hydrogen) atoms. The number of benzene rings is 2. The number of carboxylic acids is 1. The second-order valence-corrected chi connectivity index (χ2v) is 4.60. The fourth-order valence-electron chi connectivity index (χ4n) is 2.30. The van der Waals surface area contributed by atoms with Crippen LogP contribution in [0, 0.1) is 0 Å². The van der Waals surface area contributed by atoms with Gasteiger partial charge in [-0.2, -0.15) is 0 Å². The molecule has 0 unspecified atom stereocenters. The van der Waals surface area contributed by atoms with Crippen molar-refractivity contribution in [2.45, 2.75) is 6.54 Å². The number of rotatable bonds is 5. The SMILES string of the molecule is O=C(O)c1ccc(NCCn2ccnn2)c2ccccc12. The molecule has 3 aromatic rings. The maximum Gasteiger partial charge on any atom is 0.336 e. The van der Waals surface area contributed by atoms with Crippen molar-refractivity contribution in [2.24, 2.45) is 0 Å². The number of nitrogens with one attached hydrogen (secondary N) is 1. The molecule has 1 aromatic heterocycles. The lowest BCUT2D eigenvalue weighted by Crippen LogP contribution is -2.11. The topological polar surface area (TPSA) is 80.0 Å². The highest BCUT2D eigenvalue weighted by atomic mass is 16.4. The molecule has 2 N–H and O–H groups in total. The Balaban J connectivity index is 1.85. The minimum atomic E-state index is -0.916.